The van der Waals surface area contributed by atoms with Crippen LogP contribution < -0.4 is 0 Å². The van der Waals surface area contributed by atoms with Crippen LogP contribution in [0.5, 0.6) is 0 Å². The third kappa shape index (κ3) is 9.11. The van der Waals surface area contributed by atoms with E-state index in [1.165, 1.54) is 12.1 Å². The van der Waals surface area contributed by atoms with Crippen LogP contribution in [-0.2, 0) is 16.7 Å². The molecule has 0 heterocycles. The minimum absolute atomic E-state index is 0.297. The number of benzene rings is 2. The Balaban J connectivity index is 2.55. The van der Waals surface area contributed by atoms with Crippen LogP contribution in [0.15, 0.2) is 60.7 Å². The predicted octanol–water partition coefficient (Wildman–Crippen LogP) is 6.73. The Labute approximate surface area is 210 Å². The Hall–Kier alpha value is -0.703. The normalized spacial score (nSPS) is 13.3. The van der Waals surface area contributed by atoms with Gasteiger partial charge in [0.05, 0.1) is 0 Å². The molecule has 0 amide bonds. The van der Waals surface area contributed by atoms with Gasteiger partial charge in [-0.1, -0.05) is 0 Å². The quantitative estimate of drug-likeness (QED) is 0.0896. The molecule has 0 bridgehead atoms. The first-order valence-electron chi connectivity index (χ1n) is 9.62. The van der Waals surface area contributed by atoms with Crippen LogP contribution in [-0.4, -0.2) is 34.8 Å². The maximum atomic E-state index is 13.2. The maximum absolute atomic E-state index is 13.2. The number of alkyl halides is 3. The van der Waals surface area contributed by atoms with Crippen LogP contribution in [0, 0.1) is 19.0 Å². The van der Waals surface area contributed by atoms with E-state index in [9.17, 15) is 21.6 Å². The molecule has 0 aliphatic rings. The Morgan fingerprint density at radius 1 is 0.970 bits per heavy atom. The SMILES string of the molecule is CC#CC[O+](C[Si](C)(C)C)I(OI(OS(=O)(=O)C(F)(F)F)c1ccccc1)c1ccccc1. The van der Waals surface area contributed by atoms with E-state index in [4.69, 9.17) is 3.91 Å². The second-order valence-electron chi connectivity index (χ2n) is 7.75. The summed E-state index contributed by atoms with van der Waals surface area (Å²) in [6.07, 6.45) is 0.617. The van der Waals surface area contributed by atoms with Gasteiger partial charge < -0.3 is 0 Å². The molecule has 0 aromatic heterocycles. The topological polar surface area (TPSA) is 55.3 Å². The molecular weight excluding hydrogens is 703 g/mol. The average Bonchev–Trinajstić information content (AvgIpc) is 2.73. The summed E-state index contributed by atoms with van der Waals surface area (Å²) in [6, 6.07) is 17.1. The third-order valence-corrected chi connectivity index (χ3v) is 18.5. The number of hydrogen-bond acceptors (Lipinski definition) is 4. The summed E-state index contributed by atoms with van der Waals surface area (Å²) >= 11 is -6.71. The zero-order valence-corrected chi connectivity index (χ0v) is 24.7. The Morgan fingerprint density at radius 3 is 1.94 bits per heavy atom. The van der Waals surface area contributed by atoms with E-state index in [1.807, 2.05) is 30.3 Å². The summed E-state index contributed by atoms with van der Waals surface area (Å²) < 4.78 is 78.7. The van der Waals surface area contributed by atoms with Gasteiger partial charge >= 0.3 is 212 Å². The van der Waals surface area contributed by atoms with E-state index in [2.05, 4.69) is 34.2 Å². The number of halogens is 5. The summed E-state index contributed by atoms with van der Waals surface area (Å²) in [5.41, 5.74) is -5.54. The Morgan fingerprint density at radius 2 is 1.48 bits per heavy atom. The van der Waals surface area contributed by atoms with Gasteiger partial charge in [-0.15, -0.1) is 0 Å². The molecule has 33 heavy (non-hydrogen) atoms. The molecule has 0 fully saturated rings. The standard InChI is InChI=1S/C21H26F3I2O5SSi/c1-5-6-17-31(18-33(2,3)4)26(20-15-11-8-12-16-20)29-25(19-13-9-7-10-14-19)30-32(27,28)21(22,23)24/h7-16H,17-18H2,1-4H3/q+1. The molecule has 0 unspecified atom stereocenters. The summed E-state index contributed by atoms with van der Waals surface area (Å²) in [6.45, 7) is 8.47. The molecule has 12 heteroatoms. The Bertz CT molecular complexity index is 1050. The van der Waals surface area contributed by atoms with Crippen molar-refractivity contribution < 1.29 is 28.2 Å². The van der Waals surface area contributed by atoms with Crippen molar-refractivity contribution in [3.63, 3.8) is 0 Å². The fourth-order valence-electron chi connectivity index (χ4n) is 2.24. The first-order chi connectivity index (χ1) is 15.3. The van der Waals surface area contributed by atoms with Gasteiger partial charge in [-0.3, -0.25) is 0 Å². The first-order valence-corrected chi connectivity index (χ1v) is 20.4. The van der Waals surface area contributed by atoms with Crippen molar-refractivity contribution in [1.82, 2.24) is 0 Å². The second kappa shape index (κ2) is 12.3. The summed E-state index contributed by atoms with van der Waals surface area (Å²) in [7, 11) is -7.54. The van der Waals surface area contributed by atoms with Crippen LogP contribution in [0.1, 0.15) is 6.92 Å². The zero-order chi connectivity index (χ0) is 24.7. The Kier molecular flexibility index (Phi) is 10.6. The predicted molar refractivity (Wildman–Crippen MR) is 143 cm³/mol. The summed E-state index contributed by atoms with van der Waals surface area (Å²) in [5.74, 6) is 5.85. The van der Waals surface area contributed by atoms with Gasteiger partial charge in [0.1, 0.15) is 0 Å². The van der Waals surface area contributed by atoms with Gasteiger partial charge in [0.2, 0.25) is 0 Å². The molecule has 2 aromatic carbocycles. The average molecular weight is 729 g/mol. The molecule has 0 atom stereocenters. The van der Waals surface area contributed by atoms with E-state index in [0.29, 0.717) is 16.4 Å². The molecule has 2 rings (SSSR count). The molecule has 0 spiro atoms. The van der Waals surface area contributed by atoms with Gasteiger partial charge in [0.25, 0.3) is 0 Å². The van der Waals surface area contributed by atoms with Gasteiger partial charge in [-0.25, -0.2) is 0 Å². The van der Waals surface area contributed by atoms with E-state index in [1.54, 1.807) is 25.1 Å². The first kappa shape index (κ1) is 28.5. The van der Waals surface area contributed by atoms with Crippen molar-refractivity contribution in [2.45, 2.75) is 32.1 Å². The minimum atomic E-state index is -5.83. The summed E-state index contributed by atoms with van der Waals surface area (Å²) in [4.78, 5) is 0. The second-order valence-corrected chi connectivity index (χ2v) is 24.5. The van der Waals surface area contributed by atoms with Crippen molar-refractivity contribution in [3.05, 3.63) is 67.8 Å². The van der Waals surface area contributed by atoms with Crippen molar-refractivity contribution in [1.29, 1.82) is 0 Å². The van der Waals surface area contributed by atoms with Crippen molar-refractivity contribution in [2.75, 3.05) is 12.8 Å². The number of rotatable bonds is 10. The molecule has 0 saturated heterocycles. The van der Waals surface area contributed by atoms with Crippen LogP contribution in [0.2, 0.25) is 19.6 Å². The van der Waals surface area contributed by atoms with Crippen LogP contribution in [0.3, 0.4) is 0 Å². The zero-order valence-electron chi connectivity index (χ0n) is 18.5. The van der Waals surface area contributed by atoms with Crippen LogP contribution in [0.25, 0.3) is 0 Å². The van der Waals surface area contributed by atoms with E-state index < -0.39 is 65.0 Å². The van der Waals surface area contributed by atoms with E-state index in [-0.39, 0.29) is 0 Å². The van der Waals surface area contributed by atoms with E-state index >= 15 is 0 Å². The molecule has 2 aromatic rings. The van der Waals surface area contributed by atoms with Crippen molar-refractivity contribution >= 4 is 59.5 Å². The van der Waals surface area contributed by atoms with E-state index in [0.717, 1.165) is 3.57 Å². The van der Waals surface area contributed by atoms with Gasteiger partial charge in [-0.2, -0.15) is 0 Å². The molecule has 184 valence electrons. The van der Waals surface area contributed by atoms with Gasteiger partial charge in [0, 0.05) is 0 Å². The molecule has 0 aliphatic heterocycles. The van der Waals surface area contributed by atoms with Crippen LogP contribution in [0.4, 0.5) is 13.2 Å². The molecule has 0 saturated carbocycles. The van der Waals surface area contributed by atoms with Gasteiger partial charge in [0.15, 0.2) is 0 Å². The van der Waals surface area contributed by atoms with Crippen LogP contribution >= 0.6 is 41.3 Å². The van der Waals surface area contributed by atoms with Crippen molar-refractivity contribution in [2.24, 2.45) is 0 Å². The molecule has 5 nitrogen and oxygen atoms in total. The monoisotopic (exact) mass is 729 g/mol. The number of hydrogen-bond donors (Lipinski definition) is 0. The summed E-state index contributed by atoms with van der Waals surface area (Å²) in [5, 5.41) is 0. The fourth-order valence-corrected chi connectivity index (χ4v) is 20.9. The fraction of sp³-hybridized carbons (Fsp3) is 0.333. The molecule has 0 N–H and O–H groups in total. The van der Waals surface area contributed by atoms with Gasteiger partial charge in [-0.05, 0) is 0 Å². The van der Waals surface area contributed by atoms with Crippen molar-refractivity contribution in [3.8, 4) is 11.8 Å². The molecule has 0 aliphatic carbocycles. The third-order valence-electron chi connectivity index (χ3n) is 3.55. The molecular formula is C21H26F3I2O5SSi+. The molecule has 0 radical (unpaired) electrons.